The van der Waals surface area contributed by atoms with Crippen LogP contribution in [-0.4, -0.2) is 18.7 Å². The Bertz CT molecular complexity index is 126. The van der Waals surface area contributed by atoms with Gasteiger partial charge in [-0.15, -0.1) is 0 Å². The highest BCUT2D eigenvalue weighted by Gasteiger charge is 1.93. The summed E-state index contributed by atoms with van der Waals surface area (Å²) in [6, 6.07) is 0. The minimum absolute atomic E-state index is 0. The molecule has 0 bridgehead atoms. The standard InChI is InChI=1S/C2H6O3S.C2H6.5FH/c1-2-6(3,4)5;1-2;;;;;/h2H2,1H3,(H,3,4,5);1-2H3;5*1H. The lowest BCUT2D eigenvalue weighted by atomic mass is 11.0. The Morgan fingerprint density at radius 2 is 1.00 bits per heavy atom. The fraction of sp³-hybridized carbons (Fsp3) is 1.00. The fourth-order valence-electron chi connectivity index (χ4n) is 0. The predicted molar refractivity (Wildman–Crippen MR) is 46.0 cm³/mol. The molecular weight excluding hydrogens is 223 g/mol. The molecule has 92 valence electrons. The highest BCUT2D eigenvalue weighted by Crippen LogP contribution is 1.74. The molecule has 0 rings (SSSR count). The third-order valence-corrected chi connectivity index (χ3v) is 1.09. The van der Waals surface area contributed by atoms with Crippen molar-refractivity contribution in [2.45, 2.75) is 20.8 Å². The zero-order valence-electron chi connectivity index (χ0n) is 7.42. The Hall–Kier alpha value is -0.440. The molecule has 0 saturated carbocycles. The van der Waals surface area contributed by atoms with Gasteiger partial charge in [0.2, 0.25) is 0 Å². The molecule has 0 aromatic rings. The van der Waals surface area contributed by atoms with Crippen LogP contribution in [0.1, 0.15) is 20.8 Å². The van der Waals surface area contributed by atoms with Crippen LogP contribution in [0.4, 0.5) is 23.5 Å². The summed E-state index contributed by atoms with van der Waals surface area (Å²) in [5.41, 5.74) is 0. The first-order chi connectivity index (χ1) is 3.56. The van der Waals surface area contributed by atoms with E-state index in [4.69, 9.17) is 4.55 Å². The normalized spacial score (nSPS) is 5.85. The molecule has 9 heteroatoms. The van der Waals surface area contributed by atoms with Gasteiger partial charge in [-0.2, -0.15) is 8.42 Å². The van der Waals surface area contributed by atoms with Crippen LogP contribution in [0, 0.1) is 0 Å². The second-order valence-electron chi connectivity index (χ2n) is 0.871. The molecule has 0 heterocycles. The maximum Gasteiger partial charge on any atom is 0.264 e. The highest BCUT2D eigenvalue weighted by atomic mass is 32.2. The predicted octanol–water partition coefficient (Wildman–Crippen LogP) is 1.68. The van der Waals surface area contributed by atoms with E-state index in [9.17, 15) is 8.42 Å². The third-order valence-electron chi connectivity index (χ3n) is 0.365. The van der Waals surface area contributed by atoms with E-state index < -0.39 is 10.1 Å². The summed E-state index contributed by atoms with van der Waals surface area (Å²) in [6.07, 6.45) is 0. The average molecular weight is 240 g/mol. The summed E-state index contributed by atoms with van der Waals surface area (Å²) < 4.78 is 26.9. The Labute approximate surface area is 74.1 Å². The van der Waals surface area contributed by atoms with E-state index >= 15 is 0 Å². The van der Waals surface area contributed by atoms with Crippen molar-refractivity contribution in [3.05, 3.63) is 0 Å². The molecule has 1 N–H and O–H groups in total. The van der Waals surface area contributed by atoms with Gasteiger partial charge in [-0.3, -0.25) is 28.1 Å². The second kappa shape index (κ2) is 30.0. The summed E-state index contributed by atoms with van der Waals surface area (Å²) in [5.74, 6) is -0.201. The van der Waals surface area contributed by atoms with Gasteiger partial charge in [0, 0.05) is 0 Å². The molecular formula is C4H17F5O3S. The first-order valence-corrected chi connectivity index (χ1v) is 4.12. The minimum atomic E-state index is -3.66. The molecule has 0 radical (unpaired) electrons. The van der Waals surface area contributed by atoms with E-state index in [0.717, 1.165) is 0 Å². The maximum atomic E-state index is 9.56. The van der Waals surface area contributed by atoms with Crippen molar-refractivity contribution in [1.29, 1.82) is 0 Å². The van der Waals surface area contributed by atoms with Gasteiger partial charge in [-0.25, -0.2) is 0 Å². The summed E-state index contributed by atoms with van der Waals surface area (Å²) >= 11 is 0. The number of rotatable bonds is 1. The van der Waals surface area contributed by atoms with Crippen LogP contribution in [-0.2, 0) is 10.1 Å². The van der Waals surface area contributed by atoms with E-state index in [0.29, 0.717) is 0 Å². The van der Waals surface area contributed by atoms with Crippen LogP contribution in [0.25, 0.3) is 0 Å². The first-order valence-electron chi connectivity index (χ1n) is 2.51. The Morgan fingerprint density at radius 1 is 0.923 bits per heavy atom. The van der Waals surface area contributed by atoms with Gasteiger partial charge in [0.15, 0.2) is 0 Å². The molecule has 0 saturated heterocycles. The highest BCUT2D eigenvalue weighted by molar-refractivity contribution is 7.85. The molecule has 0 atom stereocenters. The molecule has 3 nitrogen and oxygen atoms in total. The average Bonchev–Trinajstić information content (AvgIpc) is 1.71. The van der Waals surface area contributed by atoms with E-state index in [1.807, 2.05) is 13.8 Å². The lowest BCUT2D eigenvalue weighted by Crippen LogP contribution is -1.97. The van der Waals surface area contributed by atoms with Gasteiger partial charge in [0.25, 0.3) is 10.1 Å². The molecule has 13 heavy (non-hydrogen) atoms. The van der Waals surface area contributed by atoms with Crippen molar-refractivity contribution in [2.24, 2.45) is 0 Å². The Morgan fingerprint density at radius 3 is 1.00 bits per heavy atom. The fourth-order valence-corrected chi connectivity index (χ4v) is 0. The van der Waals surface area contributed by atoms with Crippen LogP contribution >= 0.6 is 0 Å². The lowest BCUT2D eigenvalue weighted by molar-refractivity contribution is 0.484. The quantitative estimate of drug-likeness (QED) is 0.560. The maximum absolute atomic E-state index is 9.56. The summed E-state index contributed by atoms with van der Waals surface area (Å²) in [6.45, 7) is 5.37. The molecule has 0 aliphatic carbocycles. The van der Waals surface area contributed by atoms with Crippen molar-refractivity contribution in [2.75, 3.05) is 5.75 Å². The van der Waals surface area contributed by atoms with Crippen LogP contribution < -0.4 is 0 Å². The molecule has 0 fully saturated rings. The van der Waals surface area contributed by atoms with Gasteiger partial charge in [-0.05, 0) is 6.92 Å². The molecule has 0 aliphatic rings. The monoisotopic (exact) mass is 240 g/mol. The summed E-state index contributed by atoms with van der Waals surface area (Å²) in [4.78, 5) is 0. The van der Waals surface area contributed by atoms with Crippen LogP contribution in [0.5, 0.6) is 0 Å². The van der Waals surface area contributed by atoms with Crippen molar-refractivity contribution in [3.8, 4) is 0 Å². The van der Waals surface area contributed by atoms with Crippen molar-refractivity contribution in [1.82, 2.24) is 0 Å². The number of hydrogen-bond acceptors (Lipinski definition) is 2. The molecule has 0 amide bonds. The van der Waals surface area contributed by atoms with Gasteiger partial charge in [0.05, 0.1) is 5.75 Å². The van der Waals surface area contributed by atoms with E-state index in [-0.39, 0.29) is 29.3 Å². The van der Waals surface area contributed by atoms with Gasteiger partial charge in [-0.1, -0.05) is 13.8 Å². The van der Waals surface area contributed by atoms with E-state index in [1.54, 1.807) is 0 Å². The lowest BCUT2D eigenvalue weighted by Gasteiger charge is -1.79. The van der Waals surface area contributed by atoms with Crippen molar-refractivity contribution in [3.63, 3.8) is 0 Å². The zero-order chi connectivity index (χ0) is 7.21. The SMILES string of the molecule is CC.CCS(=O)(=O)O.F.F.F.F.F. The van der Waals surface area contributed by atoms with Gasteiger partial charge in [0.1, 0.15) is 0 Å². The second-order valence-corrected chi connectivity index (χ2v) is 2.61. The summed E-state index contributed by atoms with van der Waals surface area (Å²) in [7, 11) is -3.66. The number of hydrogen-bond donors (Lipinski definition) is 1. The molecule has 0 unspecified atom stereocenters. The smallest absolute Gasteiger partial charge is 0.264 e. The Kier molecular flexibility index (Phi) is 125. The largest absolute Gasteiger partial charge is 0.286 e. The van der Waals surface area contributed by atoms with Gasteiger partial charge < -0.3 is 0 Å². The first kappa shape index (κ1) is 54.3. The van der Waals surface area contributed by atoms with Crippen molar-refractivity contribution >= 4 is 10.1 Å². The molecule has 0 spiro atoms. The molecule has 0 aromatic carbocycles. The molecule has 0 aliphatic heterocycles. The molecule has 0 aromatic heterocycles. The van der Waals surface area contributed by atoms with Crippen LogP contribution in [0.3, 0.4) is 0 Å². The van der Waals surface area contributed by atoms with Crippen LogP contribution in [0.2, 0.25) is 0 Å². The van der Waals surface area contributed by atoms with Crippen molar-refractivity contribution < 1.29 is 36.5 Å². The third kappa shape index (κ3) is 161. The Balaban J connectivity index is -0.00000000966. The topological polar surface area (TPSA) is 54.4 Å². The van der Waals surface area contributed by atoms with E-state index in [1.165, 1.54) is 6.92 Å². The zero-order valence-corrected chi connectivity index (χ0v) is 8.24. The van der Waals surface area contributed by atoms with E-state index in [2.05, 4.69) is 0 Å². The van der Waals surface area contributed by atoms with Gasteiger partial charge >= 0.3 is 0 Å². The van der Waals surface area contributed by atoms with Crippen LogP contribution in [0.15, 0.2) is 0 Å². The number of halogens is 5. The summed E-state index contributed by atoms with van der Waals surface area (Å²) in [5, 5.41) is 0. The minimum Gasteiger partial charge on any atom is -0.286 e.